The van der Waals surface area contributed by atoms with Gasteiger partial charge in [-0.1, -0.05) is 29.9 Å². The fourth-order valence-electron chi connectivity index (χ4n) is 1.29. The van der Waals surface area contributed by atoms with E-state index in [2.05, 4.69) is 26.5 Å². The Morgan fingerprint density at radius 3 is 2.47 bits per heavy atom. The molecule has 0 saturated heterocycles. The van der Waals surface area contributed by atoms with E-state index in [9.17, 15) is 9.50 Å². The molecular formula is C13H21FO. The summed E-state index contributed by atoms with van der Waals surface area (Å²) in [5, 5.41) is 9.41. The van der Waals surface area contributed by atoms with Crippen LogP contribution in [0.5, 0.6) is 0 Å². The van der Waals surface area contributed by atoms with Crippen molar-refractivity contribution in [3.63, 3.8) is 0 Å². The second-order valence-corrected chi connectivity index (χ2v) is 4.12. The predicted octanol–water partition coefficient (Wildman–Crippen LogP) is 3.91. The Hall–Kier alpha value is -0.890. The molecule has 0 bridgehead atoms. The highest BCUT2D eigenvalue weighted by atomic mass is 19.1. The molecule has 0 aliphatic heterocycles. The Labute approximate surface area is 92.0 Å². The fraction of sp³-hybridized carbons (Fsp3) is 0.538. The van der Waals surface area contributed by atoms with Crippen molar-refractivity contribution in [2.24, 2.45) is 0 Å². The summed E-state index contributed by atoms with van der Waals surface area (Å²) in [6.07, 6.45) is 4.98. The summed E-state index contributed by atoms with van der Waals surface area (Å²) in [6.45, 7) is 9.18. The molecule has 0 fully saturated rings. The lowest BCUT2D eigenvalue weighted by Gasteiger charge is -2.05. The second kappa shape index (κ2) is 7.41. The molecule has 0 aromatic rings. The van der Waals surface area contributed by atoms with Crippen LogP contribution in [0.1, 0.15) is 40.0 Å². The first-order valence-electron chi connectivity index (χ1n) is 5.24. The first kappa shape index (κ1) is 14.1. The van der Waals surface area contributed by atoms with Gasteiger partial charge in [0.15, 0.2) is 0 Å². The van der Waals surface area contributed by atoms with E-state index in [-0.39, 0.29) is 6.42 Å². The van der Waals surface area contributed by atoms with Gasteiger partial charge in [0.1, 0.15) is 0 Å². The Morgan fingerprint density at radius 1 is 1.40 bits per heavy atom. The molecule has 0 rings (SSSR count). The Balaban J connectivity index is 3.97. The zero-order chi connectivity index (χ0) is 11.8. The fourth-order valence-corrected chi connectivity index (χ4v) is 1.29. The molecule has 0 radical (unpaired) electrons. The maximum absolute atomic E-state index is 12.4. The van der Waals surface area contributed by atoms with E-state index >= 15 is 0 Å². The molecule has 15 heavy (non-hydrogen) atoms. The number of hydrogen-bond acceptors (Lipinski definition) is 1. The highest BCUT2D eigenvalue weighted by Gasteiger charge is 2.02. The molecule has 1 atom stereocenters. The van der Waals surface area contributed by atoms with E-state index in [1.807, 2.05) is 6.92 Å². The zero-order valence-electron chi connectivity index (χ0n) is 9.89. The summed E-state index contributed by atoms with van der Waals surface area (Å²) in [5.41, 5.74) is 2.38. The number of allylic oxidation sites excluding steroid dienone is 3. The van der Waals surface area contributed by atoms with E-state index in [4.69, 9.17) is 0 Å². The molecule has 0 amide bonds. The van der Waals surface area contributed by atoms with Gasteiger partial charge >= 0.3 is 0 Å². The smallest absolute Gasteiger partial charge is 0.0957 e. The van der Waals surface area contributed by atoms with Crippen LogP contribution in [-0.2, 0) is 0 Å². The van der Waals surface area contributed by atoms with Crippen LogP contribution in [0.4, 0.5) is 4.39 Å². The van der Waals surface area contributed by atoms with Gasteiger partial charge in [-0.15, -0.1) is 0 Å². The number of aliphatic hydroxyl groups excluding tert-OH is 1. The van der Waals surface area contributed by atoms with Crippen molar-refractivity contribution >= 4 is 0 Å². The first-order valence-corrected chi connectivity index (χ1v) is 5.24. The number of rotatable bonds is 6. The van der Waals surface area contributed by atoms with Gasteiger partial charge in [0, 0.05) is 6.42 Å². The maximum atomic E-state index is 12.4. The van der Waals surface area contributed by atoms with Gasteiger partial charge in [0.25, 0.3) is 0 Å². The molecule has 0 heterocycles. The number of hydrogen-bond donors (Lipinski definition) is 1. The number of halogens is 1. The molecule has 0 spiro atoms. The molecule has 86 valence electrons. The quantitative estimate of drug-likeness (QED) is 0.662. The van der Waals surface area contributed by atoms with Gasteiger partial charge in [-0.2, -0.15) is 0 Å². The normalized spacial score (nSPS) is 13.5. The molecule has 1 nitrogen and oxygen atoms in total. The summed E-state index contributed by atoms with van der Waals surface area (Å²) in [5.74, 6) is -0.476. The van der Waals surface area contributed by atoms with Crippen molar-refractivity contribution in [3.05, 3.63) is 35.7 Å². The van der Waals surface area contributed by atoms with E-state index in [0.29, 0.717) is 0 Å². The van der Waals surface area contributed by atoms with E-state index in [0.717, 1.165) is 18.4 Å². The van der Waals surface area contributed by atoms with Gasteiger partial charge in [-0.3, -0.25) is 0 Å². The topological polar surface area (TPSA) is 20.2 Å². The molecule has 0 unspecified atom stereocenters. The maximum Gasteiger partial charge on any atom is 0.0957 e. The zero-order valence-corrected chi connectivity index (χ0v) is 9.89. The average molecular weight is 212 g/mol. The summed E-state index contributed by atoms with van der Waals surface area (Å²) in [7, 11) is 0. The van der Waals surface area contributed by atoms with Crippen LogP contribution in [0.25, 0.3) is 0 Å². The first-order chi connectivity index (χ1) is 6.91. The molecule has 0 aliphatic carbocycles. The minimum Gasteiger partial charge on any atom is -0.389 e. The van der Waals surface area contributed by atoms with Gasteiger partial charge in [-0.05, 0) is 33.6 Å². The van der Waals surface area contributed by atoms with Crippen LogP contribution >= 0.6 is 0 Å². The standard InChI is InChI=1S/C13H21FO/c1-10(2)6-5-7-11(3)8-13(15)9-12(4)14/h6,8,13,15H,4-5,7,9H2,1-3H3/b11-8+/t13-/m0/s1. The molecule has 0 aliphatic rings. The third-order valence-corrected chi connectivity index (χ3v) is 2.00. The minimum atomic E-state index is -0.741. The van der Waals surface area contributed by atoms with Crippen LogP contribution in [0.15, 0.2) is 35.7 Å². The molecule has 2 heteroatoms. The van der Waals surface area contributed by atoms with Crippen LogP contribution in [0, 0.1) is 0 Å². The molecule has 0 aromatic heterocycles. The highest BCUT2D eigenvalue weighted by molar-refractivity contribution is 5.06. The molecule has 0 aromatic carbocycles. The Bertz CT molecular complexity index is 260. The van der Waals surface area contributed by atoms with Gasteiger partial charge in [0.05, 0.1) is 11.9 Å². The minimum absolute atomic E-state index is 0.0000150. The largest absolute Gasteiger partial charge is 0.389 e. The molecule has 1 N–H and O–H groups in total. The monoisotopic (exact) mass is 212 g/mol. The summed E-state index contributed by atoms with van der Waals surface area (Å²) in [4.78, 5) is 0. The SMILES string of the molecule is C=C(F)C[C@@H](O)/C=C(\C)CCC=C(C)C. The lowest BCUT2D eigenvalue weighted by atomic mass is 10.1. The van der Waals surface area contributed by atoms with Gasteiger partial charge in [-0.25, -0.2) is 4.39 Å². The highest BCUT2D eigenvalue weighted by Crippen LogP contribution is 2.11. The van der Waals surface area contributed by atoms with Crippen molar-refractivity contribution in [2.45, 2.75) is 46.1 Å². The van der Waals surface area contributed by atoms with Crippen molar-refractivity contribution in [3.8, 4) is 0 Å². The Morgan fingerprint density at radius 2 is 2.00 bits per heavy atom. The average Bonchev–Trinajstić information content (AvgIpc) is 2.00. The van der Waals surface area contributed by atoms with E-state index in [1.54, 1.807) is 6.08 Å². The lowest BCUT2D eigenvalue weighted by molar-refractivity contribution is 0.214. The lowest BCUT2D eigenvalue weighted by Crippen LogP contribution is -2.02. The Kier molecular flexibility index (Phi) is 6.97. The van der Waals surface area contributed by atoms with Crippen molar-refractivity contribution in [2.75, 3.05) is 0 Å². The summed E-state index contributed by atoms with van der Waals surface area (Å²) < 4.78 is 12.4. The molecular weight excluding hydrogens is 191 g/mol. The summed E-state index contributed by atoms with van der Waals surface area (Å²) in [6, 6.07) is 0. The summed E-state index contributed by atoms with van der Waals surface area (Å²) >= 11 is 0. The third kappa shape index (κ3) is 9.42. The molecule has 0 saturated carbocycles. The second-order valence-electron chi connectivity index (χ2n) is 4.12. The van der Waals surface area contributed by atoms with Crippen LogP contribution < -0.4 is 0 Å². The van der Waals surface area contributed by atoms with E-state index in [1.165, 1.54) is 5.57 Å². The van der Waals surface area contributed by atoms with Crippen LogP contribution in [0.2, 0.25) is 0 Å². The van der Waals surface area contributed by atoms with Gasteiger partial charge in [0.2, 0.25) is 0 Å². The van der Waals surface area contributed by atoms with Crippen molar-refractivity contribution in [1.82, 2.24) is 0 Å². The van der Waals surface area contributed by atoms with E-state index < -0.39 is 11.9 Å². The van der Waals surface area contributed by atoms with Crippen molar-refractivity contribution < 1.29 is 9.50 Å². The van der Waals surface area contributed by atoms with Crippen LogP contribution in [0.3, 0.4) is 0 Å². The predicted molar refractivity (Wildman–Crippen MR) is 63.3 cm³/mol. The number of aliphatic hydroxyl groups is 1. The van der Waals surface area contributed by atoms with Crippen molar-refractivity contribution in [1.29, 1.82) is 0 Å². The van der Waals surface area contributed by atoms with Crippen LogP contribution in [-0.4, -0.2) is 11.2 Å². The van der Waals surface area contributed by atoms with Gasteiger partial charge < -0.3 is 5.11 Å². The third-order valence-electron chi connectivity index (χ3n) is 2.00.